The fraction of sp³-hybridized carbons (Fsp3) is 0.727. The molecule has 3 atom stereocenters. The van der Waals surface area contributed by atoms with Crippen LogP contribution < -0.4 is 0 Å². The van der Waals surface area contributed by atoms with Gasteiger partial charge < -0.3 is 14.6 Å². The van der Waals surface area contributed by atoms with Crippen LogP contribution in [0.5, 0.6) is 0 Å². The summed E-state index contributed by atoms with van der Waals surface area (Å²) in [6.07, 6.45) is -17.8. The van der Waals surface area contributed by atoms with Gasteiger partial charge in [0.05, 0.1) is 0 Å². The van der Waals surface area contributed by atoms with Gasteiger partial charge >= 0.3 is 36.0 Å². The highest BCUT2D eigenvalue weighted by Crippen LogP contribution is 2.61. The fourth-order valence-corrected chi connectivity index (χ4v) is 1.89. The average molecular weight is 394 g/mol. The zero-order valence-electron chi connectivity index (χ0n) is 11.8. The third kappa shape index (κ3) is 2.74. The minimum Gasteiger partial charge on any atom is -0.446 e. The molecule has 1 aliphatic heterocycles. The lowest BCUT2D eigenvalue weighted by Crippen LogP contribution is -2.82. The monoisotopic (exact) mass is 394 g/mol. The molecule has 0 aromatic heterocycles. The first-order chi connectivity index (χ1) is 10.8. The van der Waals surface area contributed by atoms with Gasteiger partial charge in [-0.25, -0.2) is 4.79 Å². The van der Waals surface area contributed by atoms with Crippen molar-refractivity contribution in [2.45, 2.75) is 48.6 Å². The lowest BCUT2D eigenvalue weighted by atomic mass is 9.81. The summed E-state index contributed by atoms with van der Waals surface area (Å²) in [5.41, 5.74) is -5.28. The number of hydrogen-bond acceptors (Lipinski definition) is 4. The predicted molar refractivity (Wildman–Crippen MR) is 56.5 cm³/mol. The molecule has 0 spiro atoms. The van der Waals surface area contributed by atoms with E-state index in [0.29, 0.717) is 0 Å². The van der Waals surface area contributed by atoms with E-state index in [-0.39, 0.29) is 6.08 Å². The zero-order valence-corrected chi connectivity index (χ0v) is 11.8. The maximum absolute atomic E-state index is 14.0. The van der Waals surface area contributed by atoms with Crippen molar-refractivity contribution in [1.82, 2.24) is 0 Å². The summed E-state index contributed by atoms with van der Waals surface area (Å²) in [4.78, 5) is 10.9. The van der Waals surface area contributed by atoms with Crippen molar-refractivity contribution in [3.63, 3.8) is 0 Å². The maximum atomic E-state index is 14.0. The Labute approximate surface area is 132 Å². The van der Waals surface area contributed by atoms with Crippen molar-refractivity contribution in [1.29, 1.82) is 0 Å². The molecule has 0 saturated carbocycles. The molecule has 0 amide bonds. The van der Waals surface area contributed by atoms with Crippen LogP contribution in [0.25, 0.3) is 0 Å². The van der Waals surface area contributed by atoms with Crippen molar-refractivity contribution in [2.75, 3.05) is 0 Å². The summed E-state index contributed by atoms with van der Waals surface area (Å²) in [6, 6.07) is 0. The van der Waals surface area contributed by atoms with E-state index in [1.807, 2.05) is 0 Å². The van der Waals surface area contributed by atoms with Crippen molar-refractivity contribution in [3.8, 4) is 0 Å². The lowest BCUT2D eigenvalue weighted by Gasteiger charge is -2.54. The topological polar surface area (TPSA) is 55.8 Å². The molecule has 1 aliphatic rings. The highest BCUT2D eigenvalue weighted by Gasteiger charge is 2.90. The van der Waals surface area contributed by atoms with E-state index in [1.54, 1.807) is 0 Å². The van der Waals surface area contributed by atoms with Gasteiger partial charge in [0.25, 0.3) is 0 Å². The quantitative estimate of drug-likeness (QED) is 0.445. The first-order valence-corrected chi connectivity index (χ1v) is 5.94. The third-order valence-electron chi connectivity index (χ3n) is 3.42. The van der Waals surface area contributed by atoms with Gasteiger partial charge in [0.2, 0.25) is 11.7 Å². The van der Waals surface area contributed by atoms with Gasteiger partial charge in [0.1, 0.15) is 0 Å². The first kappa shape index (κ1) is 21.5. The minimum absolute atomic E-state index is 0.0564. The van der Waals surface area contributed by atoms with Gasteiger partial charge in [-0.2, -0.15) is 43.9 Å². The number of carbonyl (C=O) groups is 1. The minimum atomic E-state index is -6.67. The molecule has 14 heteroatoms. The van der Waals surface area contributed by atoms with Gasteiger partial charge in [0.15, 0.2) is 0 Å². The van der Waals surface area contributed by atoms with Crippen LogP contribution in [0, 0.1) is 0 Å². The molecule has 1 fully saturated rings. The first-order valence-electron chi connectivity index (χ1n) is 5.94. The number of halogens is 10. The third-order valence-corrected chi connectivity index (χ3v) is 3.42. The number of esters is 1. The van der Waals surface area contributed by atoms with Crippen molar-refractivity contribution in [2.24, 2.45) is 0 Å². The van der Waals surface area contributed by atoms with Crippen LogP contribution in [0.4, 0.5) is 43.9 Å². The zero-order chi connectivity index (χ0) is 20.3. The second-order valence-corrected chi connectivity index (χ2v) is 5.04. The molecule has 0 bridgehead atoms. The molecule has 146 valence electrons. The summed E-state index contributed by atoms with van der Waals surface area (Å²) in [6.45, 7) is 1.89. The molecule has 0 aromatic rings. The Morgan fingerprint density at radius 3 is 1.84 bits per heavy atom. The second kappa shape index (κ2) is 5.46. The molecule has 0 aromatic carbocycles. The van der Waals surface area contributed by atoms with Crippen LogP contribution in [-0.4, -0.2) is 52.8 Å². The molecule has 0 radical (unpaired) electrons. The molecule has 1 rings (SSSR count). The SMILES string of the molecule is C=CC(=O)OC1C(F)(F)C(C)(C(F)(F)F)OC(O)(C(F)(F)F)C1(F)F. The molecule has 0 aliphatic carbocycles. The number of carbonyl (C=O) groups excluding carboxylic acids is 1. The maximum Gasteiger partial charge on any atom is 0.449 e. The summed E-state index contributed by atoms with van der Waals surface area (Å²) in [5.74, 6) is -20.3. The standard InChI is InChI=1S/C11H8F10O4/c1-3-4(22)24-5-7(12,13)6(2,10(16,17)18)25-9(23,8(5,14)15)11(19,20)21/h3,5,23H,1H2,2H3. The van der Waals surface area contributed by atoms with Crippen molar-refractivity contribution >= 4 is 5.97 Å². The molecular formula is C11H8F10O4. The highest BCUT2D eigenvalue weighted by molar-refractivity contribution is 5.81. The number of ether oxygens (including phenoxy) is 2. The van der Waals surface area contributed by atoms with E-state index >= 15 is 0 Å². The Morgan fingerprint density at radius 2 is 1.52 bits per heavy atom. The molecule has 4 nitrogen and oxygen atoms in total. The molecular weight excluding hydrogens is 386 g/mol. The average Bonchev–Trinajstić information content (AvgIpc) is 2.39. The Morgan fingerprint density at radius 1 is 1.08 bits per heavy atom. The Balaban J connectivity index is 3.77. The van der Waals surface area contributed by atoms with Crippen LogP contribution in [0.2, 0.25) is 0 Å². The number of alkyl halides is 10. The van der Waals surface area contributed by atoms with E-state index < -0.39 is 54.6 Å². The number of rotatable bonds is 2. The number of hydrogen-bond donors (Lipinski definition) is 1. The van der Waals surface area contributed by atoms with Crippen molar-refractivity contribution < 1.29 is 63.3 Å². The highest BCUT2D eigenvalue weighted by atomic mass is 19.4. The van der Waals surface area contributed by atoms with Gasteiger partial charge in [0, 0.05) is 6.08 Å². The van der Waals surface area contributed by atoms with Crippen LogP contribution in [0.1, 0.15) is 6.92 Å². The molecule has 1 N–H and O–H groups in total. The van der Waals surface area contributed by atoms with Crippen LogP contribution in [-0.2, 0) is 14.3 Å². The molecule has 1 heterocycles. The summed E-state index contributed by atoms with van der Waals surface area (Å²) in [5, 5.41) is 9.08. The largest absolute Gasteiger partial charge is 0.449 e. The van der Waals surface area contributed by atoms with E-state index in [9.17, 15) is 48.7 Å². The van der Waals surface area contributed by atoms with Crippen molar-refractivity contribution in [3.05, 3.63) is 12.7 Å². The Hall–Kier alpha value is -1.57. The van der Waals surface area contributed by atoms with E-state index in [0.717, 1.165) is 0 Å². The normalized spacial score (nSPS) is 35.1. The van der Waals surface area contributed by atoms with E-state index in [2.05, 4.69) is 16.1 Å². The van der Waals surface area contributed by atoms with E-state index in [4.69, 9.17) is 5.11 Å². The van der Waals surface area contributed by atoms with Gasteiger partial charge in [-0.15, -0.1) is 0 Å². The Bertz CT molecular complexity index is 530. The van der Waals surface area contributed by atoms with E-state index in [1.165, 1.54) is 0 Å². The fourth-order valence-electron chi connectivity index (χ4n) is 1.89. The summed E-state index contributed by atoms with van der Waals surface area (Å²) >= 11 is 0. The molecule has 1 saturated heterocycles. The van der Waals surface area contributed by atoms with Crippen LogP contribution in [0.3, 0.4) is 0 Å². The van der Waals surface area contributed by atoms with Gasteiger partial charge in [-0.05, 0) is 6.92 Å². The molecule has 25 heavy (non-hydrogen) atoms. The summed E-state index contributed by atoms with van der Waals surface area (Å²) in [7, 11) is 0. The smallest absolute Gasteiger partial charge is 0.446 e. The second-order valence-electron chi connectivity index (χ2n) is 5.04. The summed E-state index contributed by atoms with van der Waals surface area (Å²) < 4.78 is 139. The lowest BCUT2D eigenvalue weighted by molar-refractivity contribution is -0.536. The number of aliphatic hydroxyl groups is 1. The van der Waals surface area contributed by atoms with Gasteiger partial charge in [-0.3, -0.25) is 0 Å². The predicted octanol–water partition coefficient (Wildman–Crippen LogP) is 2.96. The van der Waals surface area contributed by atoms with Crippen LogP contribution in [0.15, 0.2) is 12.7 Å². The Kier molecular flexibility index (Phi) is 4.69. The molecule has 3 unspecified atom stereocenters. The van der Waals surface area contributed by atoms with Gasteiger partial charge in [-0.1, -0.05) is 6.58 Å². The van der Waals surface area contributed by atoms with Crippen LogP contribution >= 0.6 is 0 Å².